The van der Waals surface area contributed by atoms with Gasteiger partial charge in [0.1, 0.15) is 5.75 Å². The quantitative estimate of drug-likeness (QED) is 0.690. The molecule has 0 unspecified atom stereocenters. The lowest BCUT2D eigenvalue weighted by Gasteiger charge is -2.11. The Kier molecular flexibility index (Phi) is 5.18. The van der Waals surface area contributed by atoms with Crippen molar-refractivity contribution in [3.05, 3.63) is 58.5 Å². The summed E-state index contributed by atoms with van der Waals surface area (Å²) in [5.41, 5.74) is 2.05. The van der Waals surface area contributed by atoms with E-state index in [0.717, 1.165) is 22.3 Å². The van der Waals surface area contributed by atoms with E-state index in [1.54, 1.807) is 6.20 Å². The first-order chi connectivity index (χ1) is 12.2. The van der Waals surface area contributed by atoms with Crippen molar-refractivity contribution in [2.75, 3.05) is 18.5 Å². The number of aromatic amines is 1. The van der Waals surface area contributed by atoms with Crippen molar-refractivity contribution in [2.24, 2.45) is 0 Å². The first kappa shape index (κ1) is 16.8. The fraction of sp³-hybridized carbons (Fsp3) is 0.263. The predicted octanol–water partition coefficient (Wildman–Crippen LogP) is 3.33. The standard InChI is InChI=1S/C19H21N3O3/c1-3-24-15-7-8-16-13(11-15)10-14(18(23)22-16)12-21-17-6-5-9-20-19(17)25-4-2/h5-11,21H,3-4,12H2,1-2H3,(H,22,23). The molecule has 2 aromatic heterocycles. The van der Waals surface area contributed by atoms with Crippen LogP contribution in [0.15, 0.2) is 47.4 Å². The smallest absolute Gasteiger partial charge is 0.253 e. The molecule has 0 saturated heterocycles. The number of hydrogen-bond acceptors (Lipinski definition) is 5. The van der Waals surface area contributed by atoms with Gasteiger partial charge >= 0.3 is 0 Å². The summed E-state index contributed by atoms with van der Waals surface area (Å²) in [4.78, 5) is 19.4. The molecular formula is C19H21N3O3. The summed E-state index contributed by atoms with van der Waals surface area (Å²) >= 11 is 0. The summed E-state index contributed by atoms with van der Waals surface area (Å²) in [5, 5.41) is 4.15. The molecule has 0 fully saturated rings. The van der Waals surface area contributed by atoms with Gasteiger partial charge in [-0.1, -0.05) is 0 Å². The Bertz CT molecular complexity index is 921. The number of nitrogens with one attached hydrogen (secondary N) is 2. The van der Waals surface area contributed by atoms with E-state index in [4.69, 9.17) is 9.47 Å². The van der Waals surface area contributed by atoms with E-state index in [9.17, 15) is 4.79 Å². The highest BCUT2D eigenvalue weighted by molar-refractivity contribution is 5.80. The van der Waals surface area contributed by atoms with E-state index in [1.807, 2.05) is 50.2 Å². The molecule has 2 heterocycles. The summed E-state index contributed by atoms with van der Waals surface area (Å²) in [6.07, 6.45) is 1.67. The minimum absolute atomic E-state index is 0.119. The van der Waals surface area contributed by atoms with Gasteiger partial charge in [-0.25, -0.2) is 4.98 Å². The van der Waals surface area contributed by atoms with Gasteiger partial charge in [0, 0.05) is 29.2 Å². The topological polar surface area (TPSA) is 76.2 Å². The lowest BCUT2D eigenvalue weighted by molar-refractivity contribution is 0.328. The largest absolute Gasteiger partial charge is 0.494 e. The van der Waals surface area contributed by atoms with Crippen molar-refractivity contribution in [1.29, 1.82) is 0 Å². The lowest BCUT2D eigenvalue weighted by Crippen LogP contribution is -2.16. The van der Waals surface area contributed by atoms with Gasteiger partial charge in [0.25, 0.3) is 5.56 Å². The Morgan fingerprint density at radius 3 is 2.76 bits per heavy atom. The number of fused-ring (bicyclic) bond motifs is 1. The average Bonchev–Trinajstić information content (AvgIpc) is 2.62. The van der Waals surface area contributed by atoms with Gasteiger partial charge in [0.05, 0.1) is 18.9 Å². The molecule has 1 aromatic carbocycles. The maximum atomic E-state index is 12.3. The van der Waals surface area contributed by atoms with Gasteiger partial charge in [-0.15, -0.1) is 0 Å². The van der Waals surface area contributed by atoms with Crippen LogP contribution in [0.25, 0.3) is 10.9 Å². The molecule has 6 heteroatoms. The third-order valence-corrected chi connectivity index (χ3v) is 3.73. The van der Waals surface area contributed by atoms with Crippen LogP contribution in [-0.4, -0.2) is 23.2 Å². The highest BCUT2D eigenvalue weighted by Crippen LogP contribution is 2.22. The third kappa shape index (κ3) is 3.91. The molecule has 130 valence electrons. The van der Waals surface area contributed by atoms with Gasteiger partial charge in [-0.3, -0.25) is 4.79 Å². The Balaban J connectivity index is 1.86. The zero-order valence-electron chi connectivity index (χ0n) is 14.3. The Morgan fingerprint density at radius 1 is 1.12 bits per heavy atom. The number of pyridine rings is 2. The normalized spacial score (nSPS) is 10.6. The molecule has 0 spiro atoms. The summed E-state index contributed by atoms with van der Waals surface area (Å²) < 4.78 is 11.0. The van der Waals surface area contributed by atoms with Crippen molar-refractivity contribution >= 4 is 16.6 Å². The van der Waals surface area contributed by atoms with Gasteiger partial charge in [-0.05, 0) is 50.2 Å². The average molecular weight is 339 g/mol. The number of rotatable bonds is 7. The molecule has 0 atom stereocenters. The molecule has 0 aliphatic heterocycles. The number of anilines is 1. The second-order valence-electron chi connectivity index (χ2n) is 5.45. The molecule has 0 bridgehead atoms. The molecule has 0 amide bonds. The van der Waals surface area contributed by atoms with Crippen LogP contribution in [-0.2, 0) is 6.54 Å². The van der Waals surface area contributed by atoms with Crippen molar-refractivity contribution in [2.45, 2.75) is 20.4 Å². The van der Waals surface area contributed by atoms with Crippen LogP contribution in [0.3, 0.4) is 0 Å². The monoisotopic (exact) mass is 339 g/mol. The Labute approximate surface area is 145 Å². The molecule has 6 nitrogen and oxygen atoms in total. The number of H-pyrrole nitrogens is 1. The van der Waals surface area contributed by atoms with E-state index in [2.05, 4.69) is 15.3 Å². The van der Waals surface area contributed by atoms with Gasteiger partial charge in [0.2, 0.25) is 5.88 Å². The van der Waals surface area contributed by atoms with Crippen LogP contribution in [0, 0.1) is 0 Å². The maximum Gasteiger partial charge on any atom is 0.253 e. The van der Waals surface area contributed by atoms with Crippen LogP contribution in [0.2, 0.25) is 0 Å². The Hall–Kier alpha value is -3.02. The van der Waals surface area contributed by atoms with Crippen molar-refractivity contribution in [1.82, 2.24) is 9.97 Å². The molecule has 0 aliphatic rings. The molecule has 25 heavy (non-hydrogen) atoms. The van der Waals surface area contributed by atoms with E-state index in [-0.39, 0.29) is 5.56 Å². The van der Waals surface area contributed by atoms with Gasteiger partial charge < -0.3 is 19.8 Å². The van der Waals surface area contributed by atoms with Gasteiger partial charge in [-0.2, -0.15) is 0 Å². The van der Waals surface area contributed by atoms with E-state index in [0.29, 0.717) is 31.2 Å². The first-order valence-corrected chi connectivity index (χ1v) is 8.31. The lowest BCUT2D eigenvalue weighted by atomic mass is 10.1. The summed E-state index contributed by atoms with van der Waals surface area (Å²) in [7, 11) is 0. The summed E-state index contributed by atoms with van der Waals surface area (Å²) in [6.45, 7) is 5.35. The number of benzene rings is 1. The van der Waals surface area contributed by atoms with E-state index in [1.165, 1.54) is 0 Å². The second kappa shape index (κ2) is 7.70. The van der Waals surface area contributed by atoms with Crippen LogP contribution < -0.4 is 20.3 Å². The SMILES string of the molecule is CCOc1ccc2[nH]c(=O)c(CNc3cccnc3OCC)cc2c1. The molecule has 3 rings (SSSR count). The van der Waals surface area contributed by atoms with Crippen molar-refractivity contribution in [3.63, 3.8) is 0 Å². The van der Waals surface area contributed by atoms with Crippen LogP contribution in [0.4, 0.5) is 5.69 Å². The van der Waals surface area contributed by atoms with Crippen LogP contribution in [0.5, 0.6) is 11.6 Å². The van der Waals surface area contributed by atoms with E-state index >= 15 is 0 Å². The molecule has 0 saturated carbocycles. The molecular weight excluding hydrogens is 318 g/mol. The molecule has 2 N–H and O–H groups in total. The fourth-order valence-corrected chi connectivity index (χ4v) is 2.59. The number of hydrogen-bond donors (Lipinski definition) is 2. The number of nitrogens with zero attached hydrogens (tertiary/aromatic N) is 1. The number of ether oxygens (including phenoxy) is 2. The van der Waals surface area contributed by atoms with Crippen molar-refractivity contribution in [3.8, 4) is 11.6 Å². The minimum Gasteiger partial charge on any atom is -0.494 e. The first-order valence-electron chi connectivity index (χ1n) is 8.31. The highest BCUT2D eigenvalue weighted by atomic mass is 16.5. The fourth-order valence-electron chi connectivity index (χ4n) is 2.59. The zero-order valence-corrected chi connectivity index (χ0v) is 14.3. The summed E-state index contributed by atoms with van der Waals surface area (Å²) in [5.74, 6) is 1.31. The maximum absolute atomic E-state index is 12.3. The highest BCUT2D eigenvalue weighted by Gasteiger charge is 2.07. The summed E-state index contributed by atoms with van der Waals surface area (Å²) in [6, 6.07) is 11.2. The van der Waals surface area contributed by atoms with Crippen molar-refractivity contribution < 1.29 is 9.47 Å². The predicted molar refractivity (Wildman–Crippen MR) is 98.5 cm³/mol. The van der Waals surface area contributed by atoms with E-state index < -0.39 is 0 Å². The molecule has 0 aliphatic carbocycles. The van der Waals surface area contributed by atoms with Gasteiger partial charge in [0.15, 0.2) is 0 Å². The zero-order chi connectivity index (χ0) is 17.6. The number of aromatic nitrogens is 2. The Morgan fingerprint density at radius 2 is 1.96 bits per heavy atom. The molecule has 0 radical (unpaired) electrons. The second-order valence-corrected chi connectivity index (χ2v) is 5.45. The van der Waals surface area contributed by atoms with Crippen LogP contribution >= 0.6 is 0 Å². The minimum atomic E-state index is -0.119. The third-order valence-electron chi connectivity index (χ3n) is 3.73. The van der Waals surface area contributed by atoms with Crippen LogP contribution in [0.1, 0.15) is 19.4 Å². The molecule has 3 aromatic rings.